The van der Waals surface area contributed by atoms with Crippen molar-refractivity contribution < 1.29 is 14.7 Å². The van der Waals surface area contributed by atoms with Gasteiger partial charge in [-0.2, -0.15) is 0 Å². The van der Waals surface area contributed by atoms with E-state index in [1.807, 2.05) is 0 Å². The lowest BCUT2D eigenvalue weighted by Gasteiger charge is -2.37. The first-order chi connectivity index (χ1) is 7.93. The summed E-state index contributed by atoms with van der Waals surface area (Å²) in [5.41, 5.74) is 2.00. The highest BCUT2D eigenvalue weighted by molar-refractivity contribution is 5.76. The molecule has 1 fully saturated rings. The number of hydrogen-bond acceptors (Lipinski definition) is 3. The lowest BCUT2D eigenvalue weighted by Crippen LogP contribution is -2.56. The van der Waals surface area contributed by atoms with Gasteiger partial charge in [0.1, 0.15) is 0 Å². The van der Waals surface area contributed by atoms with Gasteiger partial charge in [-0.25, -0.2) is 9.80 Å². The molecular formula is C11H21N3O3. The molecule has 2 amide bonds. The lowest BCUT2D eigenvalue weighted by atomic mass is 9.79. The fourth-order valence-corrected chi connectivity index (χ4v) is 2.34. The molecule has 6 nitrogen and oxygen atoms in total. The zero-order chi connectivity index (χ0) is 12.9. The van der Waals surface area contributed by atoms with Crippen LogP contribution in [-0.2, 0) is 4.79 Å². The van der Waals surface area contributed by atoms with Crippen LogP contribution in [-0.4, -0.2) is 41.8 Å². The standard InChI is InChI=1S/C11H21N3O3/c1-14(2)13-10(17)12-11(8-9(15)16)6-4-3-5-7-11/h3-8H2,1-2H3,(H,15,16)(H2,12,13,17). The van der Waals surface area contributed by atoms with Crippen LogP contribution in [0.4, 0.5) is 4.79 Å². The Morgan fingerprint density at radius 3 is 2.29 bits per heavy atom. The minimum atomic E-state index is -0.864. The van der Waals surface area contributed by atoms with Crippen LogP contribution in [0.2, 0.25) is 0 Å². The Hall–Kier alpha value is -1.30. The van der Waals surface area contributed by atoms with Crippen LogP contribution in [0.1, 0.15) is 38.5 Å². The number of carboxylic acid groups (broad SMARTS) is 1. The first-order valence-corrected chi connectivity index (χ1v) is 5.91. The molecule has 0 radical (unpaired) electrons. The molecule has 1 saturated carbocycles. The molecule has 0 aromatic rings. The summed E-state index contributed by atoms with van der Waals surface area (Å²) in [4.78, 5) is 22.5. The first kappa shape index (κ1) is 13.8. The molecule has 0 spiro atoms. The van der Waals surface area contributed by atoms with E-state index in [0.717, 1.165) is 32.1 Å². The van der Waals surface area contributed by atoms with Crippen molar-refractivity contribution >= 4 is 12.0 Å². The maximum absolute atomic E-state index is 11.7. The van der Waals surface area contributed by atoms with Crippen LogP contribution in [0.3, 0.4) is 0 Å². The van der Waals surface area contributed by atoms with Gasteiger partial charge in [0, 0.05) is 14.1 Å². The first-order valence-electron chi connectivity index (χ1n) is 5.91. The number of aliphatic carboxylic acids is 1. The third kappa shape index (κ3) is 4.60. The van der Waals surface area contributed by atoms with Crippen LogP contribution in [0.15, 0.2) is 0 Å². The molecule has 17 heavy (non-hydrogen) atoms. The smallest absolute Gasteiger partial charge is 0.329 e. The Bertz CT molecular complexity index is 286. The van der Waals surface area contributed by atoms with E-state index in [1.54, 1.807) is 14.1 Å². The number of nitrogens with one attached hydrogen (secondary N) is 2. The van der Waals surface area contributed by atoms with Gasteiger partial charge in [0.05, 0.1) is 12.0 Å². The summed E-state index contributed by atoms with van der Waals surface area (Å²) in [5.74, 6) is -0.864. The molecule has 3 N–H and O–H groups in total. The van der Waals surface area contributed by atoms with Gasteiger partial charge in [-0.3, -0.25) is 10.2 Å². The van der Waals surface area contributed by atoms with Crippen LogP contribution >= 0.6 is 0 Å². The molecule has 1 aliphatic rings. The third-order valence-electron chi connectivity index (χ3n) is 3.00. The van der Waals surface area contributed by atoms with E-state index in [2.05, 4.69) is 10.7 Å². The molecule has 1 rings (SSSR count). The number of rotatable bonds is 4. The van der Waals surface area contributed by atoms with Crippen LogP contribution in [0, 0.1) is 0 Å². The van der Waals surface area contributed by atoms with E-state index in [1.165, 1.54) is 5.01 Å². The number of carbonyl (C=O) groups excluding carboxylic acids is 1. The predicted molar refractivity (Wildman–Crippen MR) is 63.4 cm³/mol. The molecule has 0 aromatic heterocycles. The summed E-state index contributed by atoms with van der Waals surface area (Å²) in [6, 6.07) is -0.335. The lowest BCUT2D eigenvalue weighted by molar-refractivity contribution is -0.139. The Morgan fingerprint density at radius 2 is 1.82 bits per heavy atom. The van der Waals surface area contributed by atoms with Crippen molar-refractivity contribution in [2.24, 2.45) is 0 Å². The second kappa shape index (κ2) is 5.86. The van der Waals surface area contributed by atoms with Crippen molar-refractivity contribution in [1.29, 1.82) is 0 Å². The van der Waals surface area contributed by atoms with Gasteiger partial charge in [-0.05, 0) is 12.8 Å². The monoisotopic (exact) mass is 243 g/mol. The van der Waals surface area contributed by atoms with Crippen LogP contribution in [0.25, 0.3) is 0 Å². The van der Waals surface area contributed by atoms with Gasteiger partial charge in [-0.1, -0.05) is 19.3 Å². The van der Waals surface area contributed by atoms with Gasteiger partial charge in [0.25, 0.3) is 0 Å². The summed E-state index contributed by atoms with van der Waals surface area (Å²) in [7, 11) is 3.43. The highest BCUT2D eigenvalue weighted by atomic mass is 16.4. The van der Waals surface area contributed by atoms with Crippen LogP contribution in [0.5, 0.6) is 0 Å². The molecule has 0 bridgehead atoms. The highest BCUT2D eigenvalue weighted by Gasteiger charge is 2.35. The van der Waals surface area contributed by atoms with Gasteiger partial charge in [-0.15, -0.1) is 0 Å². The van der Waals surface area contributed by atoms with E-state index in [4.69, 9.17) is 5.11 Å². The fraction of sp³-hybridized carbons (Fsp3) is 0.818. The maximum atomic E-state index is 11.7. The van der Waals surface area contributed by atoms with Gasteiger partial charge < -0.3 is 10.4 Å². The van der Waals surface area contributed by atoms with E-state index in [9.17, 15) is 9.59 Å². The zero-order valence-corrected chi connectivity index (χ0v) is 10.5. The van der Waals surface area contributed by atoms with E-state index >= 15 is 0 Å². The quantitative estimate of drug-likeness (QED) is 0.642. The summed E-state index contributed by atoms with van der Waals surface area (Å²) >= 11 is 0. The third-order valence-corrected chi connectivity index (χ3v) is 3.00. The number of urea groups is 1. The number of nitrogens with zero attached hydrogens (tertiary/aromatic N) is 1. The minimum absolute atomic E-state index is 0.00610. The van der Waals surface area contributed by atoms with Crippen molar-refractivity contribution in [1.82, 2.24) is 15.8 Å². The summed E-state index contributed by atoms with van der Waals surface area (Å²) in [6.07, 6.45) is 4.51. The maximum Gasteiger partial charge on any atom is 0.329 e. The second-order valence-electron chi connectivity index (χ2n) is 4.87. The topological polar surface area (TPSA) is 81.7 Å². The summed E-state index contributed by atoms with van der Waals surface area (Å²) in [6.45, 7) is 0. The molecular weight excluding hydrogens is 222 g/mol. The van der Waals surface area contributed by atoms with E-state index in [0.29, 0.717) is 0 Å². The van der Waals surface area contributed by atoms with Crippen molar-refractivity contribution in [3.05, 3.63) is 0 Å². The Balaban J connectivity index is 2.62. The van der Waals surface area contributed by atoms with Gasteiger partial charge >= 0.3 is 12.0 Å². The molecule has 0 unspecified atom stereocenters. The Morgan fingerprint density at radius 1 is 1.24 bits per heavy atom. The fourth-order valence-electron chi connectivity index (χ4n) is 2.34. The molecule has 6 heteroatoms. The van der Waals surface area contributed by atoms with Crippen LogP contribution < -0.4 is 10.7 Å². The molecule has 0 aromatic carbocycles. The molecule has 1 aliphatic carbocycles. The van der Waals surface area contributed by atoms with E-state index < -0.39 is 11.5 Å². The van der Waals surface area contributed by atoms with Crippen molar-refractivity contribution in [3.8, 4) is 0 Å². The van der Waals surface area contributed by atoms with Crippen molar-refractivity contribution in [2.75, 3.05) is 14.1 Å². The minimum Gasteiger partial charge on any atom is -0.481 e. The second-order valence-corrected chi connectivity index (χ2v) is 4.87. The van der Waals surface area contributed by atoms with Crippen molar-refractivity contribution in [2.45, 2.75) is 44.1 Å². The summed E-state index contributed by atoms with van der Waals surface area (Å²) in [5, 5.41) is 13.3. The van der Waals surface area contributed by atoms with Gasteiger partial charge in [0.2, 0.25) is 0 Å². The molecule has 0 heterocycles. The summed E-state index contributed by atoms with van der Waals surface area (Å²) < 4.78 is 0. The Labute approximate surface area is 101 Å². The predicted octanol–water partition coefficient (Wildman–Crippen LogP) is 0.940. The number of carbonyl (C=O) groups is 2. The molecule has 98 valence electrons. The zero-order valence-electron chi connectivity index (χ0n) is 10.5. The van der Waals surface area contributed by atoms with Gasteiger partial charge in [0.15, 0.2) is 0 Å². The SMILES string of the molecule is CN(C)NC(=O)NC1(CC(=O)O)CCCCC1. The average molecular weight is 243 g/mol. The average Bonchev–Trinajstić information content (AvgIpc) is 2.15. The largest absolute Gasteiger partial charge is 0.481 e. The Kier molecular flexibility index (Phi) is 4.74. The highest BCUT2D eigenvalue weighted by Crippen LogP contribution is 2.31. The number of carboxylic acids is 1. The molecule has 0 saturated heterocycles. The number of hydrazine groups is 1. The molecule has 0 atom stereocenters. The number of amides is 2. The number of hydrogen-bond donors (Lipinski definition) is 3. The van der Waals surface area contributed by atoms with E-state index in [-0.39, 0.29) is 12.5 Å². The normalized spacial score (nSPS) is 18.8. The van der Waals surface area contributed by atoms with Crippen molar-refractivity contribution in [3.63, 3.8) is 0 Å². The molecule has 0 aliphatic heterocycles.